The van der Waals surface area contributed by atoms with E-state index in [0.717, 1.165) is 6.54 Å². The number of aromatic amines is 1. The summed E-state index contributed by atoms with van der Waals surface area (Å²) in [5, 5.41) is 11.3. The van der Waals surface area contributed by atoms with Crippen molar-refractivity contribution in [1.82, 2.24) is 19.8 Å². The summed E-state index contributed by atoms with van der Waals surface area (Å²) in [6.07, 6.45) is 3.84. The average molecular weight is 441 g/mol. The monoisotopic (exact) mass is 440 g/mol. The standard InChI is InChI=1S/C23H28N4O5/c1-13-16(14(2)25-18(13)23(31)32-5)20(28)17-19(15-8-6-9-24-12-15)27(22(30)21(17)29)11-7-10-26(3)4/h6,8-9,12,19,25,28H,7,10-11H2,1-5H3/t19-/m1/s1. The Labute approximate surface area is 186 Å². The minimum atomic E-state index is -0.777. The lowest BCUT2D eigenvalue weighted by Gasteiger charge is -2.25. The Morgan fingerprint density at radius 2 is 2.03 bits per heavy atom. The van der Waals surface area contributed by atoms with E-state index in [1.807, 2.05) is 19.0 Å². The lowest BCUT2D eigenvalue weighted by molar-refractivity contribution is -0.139. The number of carbonyl (C=O) groups excluding carboxylic acids is 3. The van der Waals surface area contributed by atoms with E-state index >= 15 is 0 Å². The topological polar surface area (TPSA) is 116 Å². The molecule has 2 aromatic rings. The van der Waals surface area contributed by atoms with Crippen molar-refractivity contribution in [3.63, 3.8) is 0 Å². The number of methoxy groups -OCH3 is 1. The smallest absolute Gasteiger partial charge is 0.354 e. The summed E-state index contributed by atoms with van der Waals surface area (Å²) in [5.74, 6) is -2.34. The molecule has 9 heteroatoms. The van der Waals surface area contributed by atoms with Gasteiger partial charge in [0.05, 0.1) is 18.7 Å². The Bertz CT molecular complexity index is 1070. The second kappa shape index (κ2) is 9.35. The Kier molecular flexibility index (Phi) is 6.78. The normalized spacial score (nSPS) is 17.9. The summed E-state index contributed by atoms with van der Waals surface area (Å²) in [6.45, 7) is 4.41. The molecular formula is C23H28N4O5. The third-order valence-electron chi connectivity index (χ3n) is 5.61. The fourth-order valence-electron chi connectivity index (χ4n) is 4.10. The van der Waals surface area contributed by atoms with Gasteiger partial charge in [0.15, 0.2) is 0 Å². The van der Waals surface area contributed by atoms with Crippen LogP contribution in [0.25, 0.3) is 5.76 Å². The number of aryl methyl sites for hydroxylation is 1. The van der Waals surface area contributed by atoms with E-state index in [2.05, 4.69) is 9.97 Å². The molecule has 0 spiro atoms. The number of carbonyl (C=O) groups is 3. The predicted molar refractivity (Wildman–Crippen MR) is 118 cm³/mol. The van der Waals surface area contributed by atoms with E-state index in [-0.39, 0.29) is 17.0 Å². The van der Waals surface area contributed by atoms with Crippen molar-refractivity contribution in [2.75, 3.05) is 34.3 Å². The Balaban J connectivity index is 2.15. The summed E-state index contributed by atoms with van der Waals surface area (Å²) in [5.41, 5.74) is 2.03. The van der Waals surface area contributed by atoms with Crippen LogP contribution in [0.15, 0.2) is 30.1 Å². The summed E-state index contributed by atoms with van der Waals surface area (Å²) < 4.78 is 4.79. The van der Waals surface area contributed by atoms with E-state index < -0.39 is 23.7 Å². The van der Waals surface area contributed by atoms with Crippen LogP contribution in [-0.2, 0) is 14.3 Å². The van der Waals surface area contributed by atoms with Gasteiger partial charge in [0.2, 0.25) is 0 Å². The number of aliphatic hydroxyl groups excluding tert-OH is 1. The van der Waals surface area contributed by atoms with Crippen LogP contribution in [0.3, 0.4) is 0 Å². The Hall–Kier alpha value is -3.46. The largest absolute Gasteiger partial charge is 0.507 e. The number of ketones is 1. The van der Waals surface area contributed by atoms with Crippen LogP contribution < -0.4 is 0 Å². The number of ether oxygens (including phenoxy) is 1. The first-order chi connectivity index (χ1) is 15.2. The molecule has 1 amide bonds. The van der Waals surface area contributed by atoms with E-state index in [9.17, 15) is 19.5 Å². The summed E-state index contributed by atoms with van der Waals surface area (Å²) in [7, 11) is 5.13. The molecule has 0 bridgehead atoms. The van der Waals surface area contributed by atoms with Crippen LogP contribution in [0.2, 0.25) is 0 Å². The van der Waals surface area contributed by atoms with E-state index in [1.54, 1.807) is 38.4 Å². The molecule has 32 heavy (non-hydrogen) atoms. The number of aliphatic hydroxyl groups is 1. The minimum Gasteiger partial charge on any atom is -0.507 e. The van der Waals surface area contributed by atoms with Crippen LogP contribution in [0.1, 0.15) is 45.3 Å². The number of nitrogens with one attached hydrogen (secondary N) is 1. The predicted octanol–water partition coefficient (Wildman–Crippen LogP) is 2.19. The molecule has 0 radical (unpaired) electrons. The number of aromatic nitrogens is 2. The number of nitrogens with zero attached hydrogens (tertiary/aromatic N) is 3. The maximum atomic E-state index is 13.1. The molecule has 2 N–H and O–H groups in total. The van der Waals surface area contributed by atoms with Crippen LogP contribution >= 0.6 is 0 Å². The van der Waals surface area contributed by atoms with Crippen LogP contribution in [0.5, 0.6) is 0 Å². The highest BCUT2D eigenvalue weighted by atomic mass is 16.5. The molecule has 1 saturated heterocycles. The third kappa shape index (κ3) is 4.16. The Morgan fingerprint density at radius 1 is 1.31 bits per heavy atom. The number of H-pyrrole nitrogens is 1. The van der Waals surface area contributed by atoms with Gasteiger partial charge in [-0.05, 0) is 58.1 Å². The number of amides is 1. The van der Waals surface area contributed by atoms with E-state index in [1.165, 1.54) is 12.0 Å². The maximum absolute atomic E-state index is 13.1. The van der Waals surface area contributed by atoms with Gasteiger partial charge in [0.25, 0.3) is 11.7 Å². The summed E-state index contributed by atoms with van der Waals surface area (Å²) in [4.78, 5) is 48.6. The van der Waals surface area contributed by atoms with Crippen LogP contribution in [0.4, 0.5) is 0 Å². The number of pyridine rings is 1. The van der Waals surface area contributed by atoms with Crippen molar-refractivity contribution in [3.05, 3.63) is 58.2 Å². The highest BCUT2D eigenvalue weighted by Crippen LogP contribution is 2.40. The third-order valence-corrected chi connectivity index (χ3v) is 5.61. The first-order valence-corrected chi connectivity index (χ1v) is 10.3. The first-order valence-electron chi connectivity index (χ1n) is 10.3. The highest BCUT2D eigenvalue weighted by Gasteiger charge is 2.46. The van der Waals surface area contributed by atoms with Gasteiger partial charge in [-0.1, -0.05) is 6.07 Å². The summed E-state index contributed by atoms with van der Waals surface area (Å²) >= 11 is 0. The number of hydrogen-bond donors (Lipinski definition) is 2. The zero-order valence-electron chi connectivity index (χ0n) is 18.9. The molecule has 0 saturated carbocycles. The van der Waals surface area contributed by atoms with Crippen molar-refractivity contribution >= 4 is 23.4 Å². The van der Waals surface area contributed by atoms with Crippen molar-refractivity contribution in [2.45, 2.75) is 26.3 Å². The van der Waals surface area contributed by atoms with Crippen LogP contribution in [-0.4, -0.2) is 76.8 Å². The molecule has 1 aliphatic heterocycles. The number of Topliss-reactive ketones (excluding diaryl/α,β-unsaturated/α-hetero) is 1. The van der Waals surface area contributed by atoms with Crippen molar-refractivity contribution in [1.29, 1.82) is 0 Å². The molecule has 0 unspecified atom stereocenters. The van der Waals surface area contributed by atoms with Gasteiger partial charge in [-0.2, -0.15) is 0 Å². The van der Waals surface area contributed by atoms with E-state index in [4.69, 9.17) is 4.74 Å². The zero-order valence-corrected chi connectivity index (χ0v) is 18.9. The molecule has 0 aromatic carbocycles. The minimum absolute atomic E-state index is 0.0190. The lowest BCUT2D eigenvalue weighted by Crippen LogP contribution is -2.32. The van der Waals surface area contributed by atoms with Gasteiger partial charge in [0.1, 0.15) is 11.5 Å². The van der Waals surface area contributed by atoms with E-state index in [0.29, 0.717) is 35.3 Å². The molecular weight excluding hydrogens is 412 g/mol. The number of hydrogen-bond acceptors (Lipinski definition) is 7. The molecule has 1 aliphatic rings. The quantitative estimate of drug-likeness (QED) is 0.293. The molecule has 1 fully saturated rings. The molecule has 0 aliphatic carbocycles. The second-order valence-electron chi connectivity index (χ2n) is 8.05. The molecule has 170 valence electrons. The molecule has 3 rings (SSSR count). The SMILES string of the molecule is COC(=O)c1[nH]c(C)c(C(O)=C2C(=O)C(=O)N(CCCN(C)C)[C@@H]2c2cccnc2)c1C. The zero-order chi connectivity index (χ0) is 23.6. The highest BCUT2D eigenvalue weighted by molar-refractivity contribution is 6.46. The van der Waals surface area contributed by atoms with Crippen molar-refractivity contribution < 1.29 is 24.2 Å². The number of likely N-dealkylation sites (tertiary alicyclic amines) is 1. The summed E-state index contributed by atoms with van der Waals surface area (Å²) in [6, 6.07) is 2.71. The second-order valence-corrected chi connectivity index (χ2v) is 8.05. The van der Waals surface area contributed by atoms with Crippen molar-refractivity contribution in [3.8, 4) is 0 Å². The fraction of sp³-hybridized carbons (Fsp3) is 0.391. The molecule has 2 aromatic heterocycles. The Morgan fingerprint density at radius 3 is 2.62 bits per heavy atom. The fourth-order valence-corrected chi connectivity index (χ4v) is 4.10. The van der Waals surface area contributed by atoms with Gasteiger partial charge in [-0.3, -0.25) is 14.6 Å². The van der Waals surface area contributed by atoms with Crippen LogP contribution in [0, 0.1) is 13.8 Å². The molecule has 1 atom stereocenters. The van der Waals surface area contributed by atoms with Gasteiger partial charge in [-0.25, -0.2) is 4.79 Å². The van der Waals surface area contributed by atoms with Gasteiger partial charge < -0.3 is 24.6 Å². The molecule has 9 nitrogen and oxygen atoms in total. The first kappa shape index (κ1) is 23.2. The number of rotatable bonds is 7. The van der Waals surface area contributed by atoms with Gasteiger partial charge in [0, 0.05) is 30.2 Å². The maximum Gasteiger partial charge on any atom is 0.354 e. The number of esters is 1. The van der Waals surface area contributed by atoms with Gasteiger partial charge >= 0.3 is 5.97 Å². The average Bonchev–Trinajstić information content (AvgIpc) is 3.20. The van der Waals surface area contributed by atoms with Gasteiger partial charge in [-0.15, -0.1) is 0 Å². The van der Waals surface area contributed by atoms with Crippen molar-refractivity contribution in [2.24, 2.45) is 0 Å². The lowest BCUT2D eigenvalue weighted by atomic mass is 9.95. The molecule has 3 heterocycles.